The van der Waals surface area contributed by atoms with Crippen molar-refractivity contribution in [2.24, 2.45) is 4.99 Å². The summed E-state index contributed by atoms with van der Waals surface area (Å²) in [5.74, 6) is 0.955. The number of allylic oxidation sites excluding steroid dienone is 2. The van der Waals surface area contributed by atoms with Gasteiger partial charge >= 0.3 is 0 Å². The fourth-order valence-corrected chi connectivity index (χ4v) is 2.34. The number of rotatable bonds is 2. The van der Waals surface area contributed by atoms with Gasteiger partial charge in [-0.15, -0.1) is 0 Å². The smallest absolute Gasteiger partial charge is 0.135 e. The summed E-state index contributed by atoms with van der Waals surface area (Å²) in [5.41, 5.74) is 5.30. The summed E-state index contributed by atoms with van der Waals surface area (Å²) < 4.78 is 5.93. The molecular weight excluding hydrogens is 222 g/mol. The molecule has 2 heterocycles. The van der Waals surface area contributed by atoms with E-state index in [2.05, 4.69) is 23.7 Å². The first kappa shape index (κ1) is 11.0. The van der Waals surface area contributed by atoms with Crippen molar-refractivity contribution in [3.63, 3.8) is 0 Å². The van der Waals surface area contributed by atoms with Crippen LogP contribution in [0.1, 0.15) is 30.7 Å². The minimum Gasteiger partial charge on any atom is -0.460 e. The molecule has 0 unspecified atom stereocenters. The van der Waals surface area contributed by atoms with Crippen molar-refractivity contribution in [1.29, 1.82) is 0 Å². The Hall–Kier alpha value is -2.09. The first-order valence-corrected chi connectivity index (χ1v) is 6.06. The first-order valence-electron chi connectivity index (χ1n) is 6.06. The van der Waals surface area contributed by atoms with Crippen molar-refractivity contribution < 1.29 is 4.42 Å². The van der Waals surface area contributed by atoms with Crippen molar-refractivity contribution in [3.8, 4) is 0 Å². The van der Waals surface area contributed by atoms with E-state index in [1.54, 1.807) is 0 Å². The molecule has 18 heavy (non-hydrogen) atoms. The zero-order chi connectivity index (χ0) is 12.7. The number of furan rings is 1. The van der Waals surface area contributed by atoms with E-state index in [-0.39, 0.29) is 0 Å². The lowest BCUT2D eigenvalue weighted by Gasteiger charge is -1.97. The average Bonchev–Trinajstić information content (AvgIpc) is 2.53. The lowest BCUT2D eigenvalue weighted by molar-refractivity contribution is 0.560. The second kappa shape index (κ2) is 3.98. The van der Waals surface area contributed by atoms with Crippen LogP contribution in [0.5, 0.6) is 0 Å². The van der Waals surface area contributed by atoms with Gasteiger partial charge in [-0.25, -0.2) is 0 Å². The monoisotopic (exact) mass is 237 g/mol. The van der Waals surface area contributed by atoms with Gasteiger partial charge in [-0.05, 0) is 31.6 Å². The Balaban J connectivity index is 2.32. The lowest BCUT2D eigenvalue weighted by atomic mass is 10.0. The average molecular weight is 237 g/mol. The Morgan fingerprint density at radius 2 is 2.22 bits per heavy atom. The molecule has 2 nitrogen and oxygen atoms in total. The topological polar surface area (TPSA) is 25.5 Å². The lowest BCUT2D eigenvalue weighted by Crippen LogP contribution is -1.89. The zero-order valence-electron chi connectivity index (χ0n) is 10.7. The predicted molar refractivity (Wildman–Crippen MR) is 76.0 cm³/mol. The standard InChI is InChI=1S/C16H15NO/c1-10(2)7-15-13-9-17-11(3)8-12-5-4-6-14(18-15)16(12)13/h4-6,8-9H,1,7H2,2-3H3. The van der Waals surface area contributed by atoms with Crippen LogP contribution in [0, 0.1) is 0 Å². The van der Waals surface area contributed by atoms with E-state index in [1.165, 1.54) is 5.56 Å². The van der Waals surface area contributed by atoms with Crippen LogP contribution in [0.4, 0.5) is 0 Å². The highest BCUT2D eigenvalue weighted by Gasteiger charge is 2.16. The summed E-state index contributed by atoms with van der Waals surface area (Å²) in [6, 6.07) is 6.13. The van der Waals surface area contributed by atoms with Crippen LogP contribution in [0.3, 0.4) is 0 Å². The van der Waals surface area contributed by atoms with Crippen LogP contribution in [0.25, 0.3) is 17.0 Å². The molecule has 1 aromatic carbocycles. The van der Waals surface area contributed by atoms with E-state index in [4.69, 9.17) is 4.42 Å². The molecule has 0 bridgehead atoms. The molecule has 0 fully saturated rings. The molecule has 90 valence electrons. The minimum atomic E-state index is 0.758. The van der Waals surface area contributed by atoms with Gasteiger partial charge in [-0.2, -0.15) is 0 Å². The highest BCUT2D eigenvalue weighted by molar-refractivity contribution is 6.05. The maximum atomic E-state index is 5.93. The second-order valence-corrected chi connectivity index (χ2v) is 4.84. The van der Waals surface area contributed by atoms with Crippen molar-refractivity contribution in [2.45, 2.75) is 20.3 Å². The van der Waals surface area contributed by atoms with Crippen LogP contribution < -0.4 is 0 Å². The summed E-state index contributed by atoms with van der Waals surface area (Å²) in [6.45, 7) is 7.98. The Morgan fingerprint density at radius 1 is 1.39 bits per heavy atom. The second-order valence-electron chi connectivity index (χ2n) is 4.84. The number of hydrogen-bond donors (Lipinski definition) is 0. The van der Waals surface area contributed by atoms with Crippen molar-refractivity contribution in [2.75, 3.05) is 0 Å². The Morgan fingerprint density at radius 3 is 3.00 bits per heavy atom. The Labute approximate surface area is 106 Å². The van der Waals surface area contributed by atoms with E-state index >= 15 is 0 Å². The van der Waals surface area contributed by atoms with Crippen molar-refractivity contribution in [3.05, 3.63) is 52.9 Å². The molecule has 2 heteroatoms. The molecule has 0 saturated carbocycles. The normalized spacial score (nSPS) is 13.6. The number of aliphatic imine (C=N–C) groups is 1. The molecule has 0 spiro atoms. The summed E-state index contributed by atoms with van der Waals surface area (Å²) in [4.78, 5) is 4.45. The van der Waals surface area contributed by atoms with Gasteiger partial charge in [0.2, 0.25) is 0 Å². The van der Waals surface area contributed by atoms with E-state index in [0.717, 1.165) is 40.0 Å². The summed E-state index contributed by atoms with van der Waals surface area (Å²) in [7, 11) is 0. The molecule has 1 aromatic heterocycles. The summed E-state index contributed by atoms with van der Waals surface area (Å²) >= 11 is 0. The van der Waals surface area contributed by atoms with E-state index in [9.17, 15) is 0 Å². The van der Waals surface area contributed by atoms with Gasteiger partial charge in [0.15, 0.2) is 0 Å². The quantitative estimate of drug-likeness (QED) is 0.713. The Bertz CT molecular complexity index is 701. The van der Waals surface area contributed by atoms with Gasteiger partial charge in [-0.3, -0.25) is 4.99 Å². The molecule has 0 radical (unpaired) electrons. The first-order chi connectivity index (χ1) is 8.65. The number of hydrogen-bond acceptors (Lipinski definition) is 2. The van der Waals surface area contributed by atoms with E-state index in [1.807, 2.05) is 32.2 Å². The minimum absolute atomic E-state index is 0.758. The van der Waals surface area contributed by atoms with Crippen molar-refractivity contribution in [1.82, 2.24) is 0 Å². The molecule has 2 aromatic rings. The third kappa shape index (κ3) is 1.70. The van der Waals surface area contributed by atoms with E-state index < -0.39 is 0 Å². The van der Waals surface area contributed by atoms with Gasteiger partial charge in [0.1, 0.15) is 11.3 Å². The molecule has 0 atom stereocenters. The molecular formula is C16H15NO. The van der Waals surface area contributed by atoms with Gasteiger partial charge < -0.3 is 4.42 Å². The fraction of sp³-hybridized carbons (Fsp3) is 0.188. The number of benzene rings is 1. The molecule has 3 rings (SSSR count). The molecule has 0 amide bonds. The van der Waals surface area contributed by atoms with Gasteiger partial charge in [0.05, 0.1) is 0 Å². The molecule has 0 aliphatic carbocycles. The molecule has 1 aliphatic heterocycles. The maximum absolute atomic E-state index is 5.93. The van der Waals surface area contributed by atoms with Crippen LogP contribution >= 0.6 is 0 Å². The summed E-state index contributed by atoms with van der Waals surface area (Å²) in [6.07, 6.45) is 4.76. The van der Waals surface area contributed by atoms with Crippen molar-refractivity contribution >= 4 is 23.3 Å². The Kier molecular flexibility index (Phi) is 2.44. The van der Waals surface area contributed by atoms with Gasteiger partial charge in [-0.1, -0.05) is 24.3 Å². The fourth-order valence-electron chi connectivity index (χ4n) is 2.34. The third-order valence-corrected chi connectivity index (χ3v) is 3.09. The number of nitrogens with zero attached hydrogens (tertiary/aromatic N) is 1. The highest BCUT2D eigenvalue weighted by Crippen LogP contribution is 2.32. The third-order valence-electron chi connectivity index (χ3n) is 3.09. The molecule has 0 saturated heterocycles. The predicted octanol–water partition coefficient (Wildman–Crippen LogP) is 4.34. The summed E-state index contributed by atoms with van der Waals surface area (Å²) in [5, 5.41) is 1.16. The van der Waals surface area contributed by atoms with Crippen LogP contribution in [-0.4, -0.2) is 6.21 Å². The largest absolute Gasteiger partial charge is 0.460 e. The zero-order valence-corrected chi connectivity index (χ0v) is 10.7. The van der Waals surface area contributed by atoms with Crippen LogP contribution in [0.2, 0.25) is 0 Å². The van der Waals surface area contributed by atoms with E-state index in [0.29, 0.717) is 0 Å². The molecule has 0 N–H and O–H groups in total. The SMILES string of the molecule is C=C(C)Cc1oc2cccc3c2c1C=NC(C)=C3. The van der Waals surface area contributed by atoms with Gasteiger partial charge in [0.25, 0.3) is 0 Å². The van der Waals surface area contributed by atoms with Gasteiger partial charge in [0, 0.05) is 29.3 Å². The van der Waals surface area contributed by atoms with Crippen LogP contribution in [-0.2, 0) is 6.42 Å². The molecule has 1 aliphatic rings. The maximum Gasteiger partial charge on any atom is 0.135 e. The highest BCUT2D eigenvalue weighted by atomic mass is 16.3. The van der Waals surface area contributed by atoms with Crippen LogP contribution in [0.15, 0.2) is 45.5 Å².